The number of sulfone groups is 1. The Balaban J connectivity index is 0.00000300. The fourth-order valence-corrected chi connectivity index (χ4v) is 5.19. The predicted molar refractivity (Wildman–Crippen MR) is 132 cm³/mol. The lowest BCUT2D eigenvalue weighted by atomic mass is 10.4. The number of thioether (sulfide) groups is 1. The molecule has 5 nitrogen and oxygen atoms in total. The van der Waals surface area contributed by atoms with E-state index in [1.54, 1.807) is 24.3 Å². The highest BCUT2D eigenvalue weighted by Gasteiger charge is 2.43. The number of nitrogens with zero attached hydrogens (tertiary/aromatic N) is 1. The maximum absolute atomic E-state index is 12.4. The molecule has 8 heteroatoms. The van der Waals surface area contributed by atoms with Crippen molar-refractivity contribution in [3.8, 4) is 0 Å². The van der Waals surface area contributed by atoms with Crippen LogP contribution in [0, 0.1) is 0 Å². The minimum Gasteiger partial charge on any atom is -0.357 e. The fourth-order valence-electron chi connectivity index (χ4n) is 2.78. The summed E-state index contributed by atoms with van der Waals surface area (Å²) < 4.78 is 25.0. The summed E-state index contributed by atoms with van der Waals surface area (Å²) in [5, 5.41) is 6.37. The number of hydrogen-bond donors (Lipinski definition) is 2. The monoisotopic (exact) mass is 545 g/mol. The van der Waals surface area contributed by atoms with Gasteiger partial charge in [-0.25, -0.2) is 8.42 Å². The Morgan fingerprint density at radius 3 is 2.24 bits per heavy atom. The molecule has 0 unspecified atom stereocenters. The van der Waals surface area contributed by atoms with E-state index in [-0.39, 0.29) is 34.5 Å². The van der Waals surface area contributed by atoms with E-state index in [1.165, 1.54) is 4.90 Å². The van der Waals surface area contributed by atoms with Crippen molar-refractivity contribution in [1.82, 2.24) is 10.6 Å². The third-order valence-electron chi connectivity index (χ3n) is 4.52. The zero-order chi connectivity index (χ0) is 19.9. The van der Waals surface area contributed by atoms with E-state index in [0.717, 1.165) is 19.4 Å². The lowest BCUT2D eigenvalue weighted by molar-refractivity contribution is 0.594. The number of guanidine groups is 1. The molecule has 0 radical (unpaired) electrons. The van der Waals surface area contributed by atoms with Gasteiger partial charge in [-0.1, -0.05) is 36.4 Å². The predicted octanol–water partition coefficient (Wildman–Crippen LogP) is 3.96. The molecule has 0 atom stereocenters. The van der Waals surface area contributed by atoms with Crippen molar-refractivity contribution in [2.45, 2.75) is 34.3 Å². The van der Waals surface area contributed by atoms with Crippen molar-refractivity contribution in [2.24, 2.45) is 4.99 Å². The molecule has 2 N–H and O–H groups in total. The van der Waals surface area contributed by atoms with Gasteiger partial charge in [0.2, 0.25) is 0 Å². The lowest BCUT2D eigenvalue weighted by Crippen LogP contribution is -2.40. The van der Waals surface area contributed by atoms with Crippen LogP contribution in [0.3, 0.4) is 0 Å². The molecule has 29 heavy (non-hydrogen) atoms. The van der Waals surface area contributed by atoms with Gasteiger partial charge in [-0.3, -0.25) is 4.99 Å². The van der Waals surface area contributed by atoms with Gasteiger partial charge in [-0.2, -0.15) is 0 Å². The minimum atomic E-state index is -3.29. The third kappa shape index (κ3) is 7.49. The van der Waals surface area contributed by atoms with Crippen LogP contribution in [0.1, 0.15) is 19.8 Å². The third-order valence-corrected chi connectivity index (χ3v) is 7.73. The average molecular weight is 546 g/mol. The fraction of sp³-hybridized carbons (Fsp3) is 0.381. The molecular weight excluding hydrogens is 517 g/mol. The van der Waals surface area contributed by atoms with Gasteiger partial charge in [0.25, 0.3) is 0 Å². The summed E-state index contributed by atoms with van der Waals surface area (Å²) in [6.07, 6.45) is 2.30. The molecule has 0 aliphatic heterocycles. The highest BCUT2D eigenvalue weighted by Crippen LogP contribution is 2.51. The number of rotatable bonds is 9. The molecule has 1 saturated carbocycles. The molecule has 3 rings (SSSR count). The molecule has 0 bridgehead atoms. The standard InChI is InChI=1S/C21H27N3O2S2.HI/c1-2-22-20(23-15-16-28(25,26)19-11-7-4-8-12-19)24-17-21(13-14-21)27-18-9-5-3-6-10-18;/h3-12H,2,13-17H2,1H3,(H2,22,23,24);1H. The maximum Gasteiger partial charge on any atom is 0.191 e. The summed E-state index contributed by atoms with van der Waals surface area (Å²) in [5.74, 6) is 0.705. The molecule has 0 saturated heterocycles. The van der Waals surface area contributed by atoms with Crippen LogP contribution in [0.2, 0.25) is 0 Å². The second kappa shape index (κ2) is 11.2. The van der Waals surface area contributed by atoms with Gasteiger partial charge in [-0.05, 0) is 44.0 Å². The Kier molecular flexibility index (Phi) is 9.29. The average Bonchev–Trinajstić information content (AvgIpc) is 3.47. The van der Waals surface area contributed by atoms with E-state index in [0.29, 0.717) is 23.9 Å². The zero-order valence-electron chi connectivity index (χ0n) is 16.5. The Labute approximate surface area is 195 Å². The normalized spacial score (nSPS) is 15.3. The first-order chi connectivity index (χ1) is 13.5. The number of benzene rings is 2. The maximum atomic E-state index is 12.4. The number of nitrogens with one attached hydrogen (secondary N) is 2. The highest BCUT2D eigenvalue weighted by molar-refractivity contribution is 14.0. The van der Waals surface area contributed by atoms with Crippen molar-refractivity contribution in [1.29, 1.82) is 0 Å². The molecule has 0 amide bonds. The van der Waals surface area contributed by atoms with E-state index in [1.807, 2.05) is 30.8 Å². The molecule has 0 heterocycles. The summed E-state index contributed by atoms with van der Waals surface area (Å²) in [6.45, 7) is 3.77. The van der Waals surface area contributed by atoms with Gasteiger partial charge in [0, 0.05) is 22.7 Å². The van der Waals surface area contributed by atoms with E-state index in [2.05, 4.69) is 34.9 Å². The molecule has 0 spiro atoms. The van der Waals surface area contributed by atoms with Crippen molar-refractivity contribution >= 4 is 51.5 Å². The molecule has 1 aliphatic rings. The topological polar surface area (TPSA) is 70.6 Å². The van der Waals surface area contributed by atoms with Crippen molar-refractivity contribution < 1.29 is 8.42 Å². The summed E-state index contributed by atoms with van der Waals surface area (Å²) in [4.78, 5) is 6.34. The first-order valence-corrected chi connectivity index (χ1v) is 12.0. The largest absolute Gasteiger partial charge is 0.357 e. The summed E-state index contributed by atoms with van der Waals surface area (Å²) in [5.41, 5.74) is 0. The van der Waals surface area contributed by atoms with Crippen LogP contribution in [0.4, 0.5) is 0 Å². The van der Waals surface area contributed by atoms with E-state index < -0.39 is 9.84 Å². The van der Waals surface area contributed by atoms with E-state index in [4.69, 9.17) is 4.99 Å². The quantitative estimate of drug-likeness (QED) is 0.284. The zero-order valence-corrected chi connectivity index (χ0v) is 20.5. The van der Waals surface area contributed by atoms with Crippen LogP contribution >= 0.6 is 35.7 Å². The SMILES string of the molecule is CCNC(=NCC1(Sc2ccccc2)CC1)NCCS(=O)(=O)c1ccccc1.I. The first-order valence-electron chi connectivity index (χ1n) is 9.57. The summed E-state index contributed by atoms with van der Waals surface area (Å²) >= 11 is 1.88. The molecule has 0 aromatic heterocycles. The Morgan fingerprint density at radius 1 is 1.03 bits per heavy atom. The number of halogens is 1. The Bertz CT molecular complexity index is 887. The van der Waals surface area contributed by atoms with Crippen LogP contribution in [-0.2, 0) is 9.84 Å². The van der Waals surface area contributed by atoms with Crippen molar-refractivity contribution in [3.05, 3.63) is 60.7 Å². The van der Waals surface area contributed by atoms with Crippen LogP contribution < -0.4 is 10.6 Å². The summed E-state index contributed by atoms with van der Waals surface area (Å²) in [7, 11) is -3.29. The molecule has 2 aromatic carbocycles. The van der Waals surface area contributed by atoms with E-state index >= 15 is 0 Å². The second-order valence-electron chi connectivity index (χ2n) is 6.85. The van der Waals surface area contributed by atoms with Crippen LogP contribution in [-0.4, -0.2) is 44.5 Å². The van der Waals surface area contributed by atoms with Crippen molar-refractivity contribution in [3.63, 3.8) is 0 Å². The van der Waals surface area contributed by atoms with Gasteiger partial charge >= 0.3 is 0 Å². The second-order valence-corrected chi connectivity index (χ2v) is 10.5. The van der Waals surface area contributed by atoms with Gasteiger partial charge in [0.05, 0.1) is 17.2 Å². The van der Waals surface area contributed by atoms with Gasteiger partial charge in [0.1, 0.15) is 0 Å². The Morgan fingerprint density at radius 2 is 1.66 bits per heavy atom. The number of aliphatic imine (C=N–C) groups is 1. The summed E-state index contributed by atoms with van der Waals surface area (Å²) in [6, 6.07) is 19.0. The van der Waals surface area contributed by atoms with Gasteiger partial charge in [-0.15, -0.1) is 35.7 Å². The molecule has 158 valence electrons. The molecule has 2 aromatic rings. The van der Waals surface area contributed by atoms with Crippen LogP contribution in [0.15, 0.2) is 75.4 Å². The van der Waals surface area contributed by atoms with Gasteiger partial charge < -0.3 is 10.6 Å². The first kappa shape index (κ1) is 24.0. The van der Waals surface area contributed by atoms with Crippen LogP contribution in [0.25, 0.3) is 0 Å². The van der Waals surface area contributed by atoms with Crippen molar-refractivity contribution in [2.75, 3.05) is 25.4 Å². The number of hydrogen-bond acceptors (Lipinski definition) is 4. The van der Waals surface area contributed by atoms with Gasteiger partial charge in [0.15, 0.2) is 15.8 Å². The highest BCUT2D eigenvalue weighted by atomic mass is 127. The Hall–Kier alpha value is -1.26. The molecule has 1 fully saturated rings. The molecule has 1 aliphatic carbocycles. The van der Waals surface area contributed by atoms with Crippen LogP contribution in [0.5, 0.6) is 0 Å². The molecular formula is C21H28IN3O2S2. The minimum absolute atomic E-state index is 0. The lowest BCUT2D eigenvalue weighted by Gasteiger charge is -2.15. The smallest absolute Gasteiger partial charge is 0.191 e. The van der Waals surface area contributed by atoms with E-state index in [9.17, 15) is 8.42 Å².